The molecule has 0 nitrogen and oxygen atoms in total. The van der Waals surface area contributed by atoms with Crippen LogP contribution in [0.15, 0.2) is 33.8 Å². The van der Waals surface area contributed by atoms with E-state index < -0.39 is 0 Å². The molecule has 0 aromatic heterocycles. The Morgan fingerprint density at radius 3 is 2.90 bits per heavy atom. The van der Waals surface area contributed by atoms with Crippen LogP contribution in [0.2, 0.25) is 0 Å². The Balaban J connectivity index is 2.51. The standard InChI is InChI=1S/C9H10S/c1-6-5-9-8(7(6)2)3-4-10-9/h3,5H,4H2,1-2H3. The van der Waals surface area contributed by atoms with E-state index in [1.54, 1.807) is 0 Å². The average molecular weight is 150 g/mol. The highest BCUT2D eigenvalue weighted by molar-refractivity contribution is 8.03. The van der Waals surface area contributed by atoms with Crippen molar-refractivity contribution in [1.82, 2.24) is 0 Å². The first-order valence-corrected chi connectivity index (χ1v) is 4.50. The molecule has 0 fully saturated rings. The Kier molecular flexibility index (Phi) is 1.27. The summed E-state index contributed by atoms with van der Waals surface area (Å²) in [5.41, 5.74) is 4.40. The topological polar surface area (TPSA) is 0 Å². The molecule has 1 heteroatoms. The molecule has 0 radical (unpaired) electrons. The fourth-order valence-corrected chi connectivity index (χ4v) is 2.45. The summed E-state index contributed by atoms with van der Waals surface area (Å²) in [6.07, 6.45) is 4.61. The van der Waals surface area contributed by atoms with Crippen molar-refractivity contribution in [2.24, 2.45) is 0 Å². The van der Waals surface area contributed by atoms with Crippen LogP contribution in [-0.4, -0.2) is 5.75 Å². The van der Waals surface area contributed by atoms with Crippen molar-refractivity contribution < 1.29 is 0 Å². The van der Waals surface area contributed by atoms with Crippen molar-refractivity contribution in [3.63, 3.8) is 0 Å². The Labute approximate surface area is 65.7 Å². The quantitative estimate of drug-likeness (QED) is 0.511. The lowest BCUT2D eigenvalue weighted by Gasteiger charge is -1.95. The highest BCUT2D eigenvalue weighted by Gasteiger charge is 2.19. The molecular formula is C9H10S. The average Bonchev–Trinajstić information content (AvgIpc) is 2.41. The Bertz CT molecular complexity index is 262. The van der Waals surface area contributed by atoms with Crippen LogP contribution in [0.5, 0.6) is 0 Å². The molecule has 0 N–H and O–H groups in total. The zero-order chi connectivity index (χ0) is 7.14. The van der Waals surface area contributed by atoms with Crippen LogP contribution in [-0.2, 0) is 0 Å². The monoisotopic (exact) mass is 150 g/mol. The number of hydrogen-bond acceptors (Lipinski definition) is 1. The van der Waals surface area contributed by atoms with Gasteiger partial charge in [0.2, 0.25) is 0 Å². The van der Waals surface area contributed by atoms with Crippen LogP contribution in [0.25, 0.3) is 0 Å². The van der Waals surface area contributed by atoms with E-state index in [4.69, 9.17) is 0 Å². The largest absolute Gasteiger partial charge is 0.121 e. The summed E-state index contributed by atoms with van der Waals surface area (Å²) in [6.45, 7) is 4.39. The summed E-state index contributed by atoms with van der Waals surface area (Å²) < 4.78 is 0. The molecular weight excluding hydrogens is 140 g/mol. The minimum atomic E-state index is 1.17. The molecule has 2 rings (SSSR count). The Morgan fingerprint density at radius 2 is 2.20 bits per heavy atom. The van der Waals surface area contributed by atoms with Gasteiger partial charge < -0.3 is 0 Å². The number of allylic oxidation sites excluding steroid dienone is 4. The lowest BCUT2D eigenvalue weighted by Crippen LogP contribution is -1.76. The molecule has 52 valence electrons. The van der Waals surface area contributed by atoms with Gasteiger partial charge in [0.25, 0.3) is 0 Å². The van der Waals surface area contributed by atoms with Gasteiger partial charge in [0.1, 0.15) is 0 Å². The third-order valence-corrected chi connectivity index (χ3v) is 3.12. The zero-order valence-corrected chi connectivity index (χ0v) is 7.09. The fraction of sp³-hybridized carbons (Fsp3) is 0.333. The normalized spacial score (nSPS) is 23.0. The summed E-state index contributed by atoms with van der Waals surface area (Å²) in [5.74, 6) is 1.17. The zero-order valence-electron chi connectivity index (χ0n) is 6.27. The molecule has 1 aliphatic carbocycles. The van der Waals surface area contributed by atoms with Crippen LogP contribution in [0.3, 0.4) is 0 Å². The van der Waals surface area contributed by atoms with E-state index in [-0.39, 0.29) is 0 Å². The molecule has 0 unspecified atom stereocenters. The van der Waals surface area contributed by atoms with Gasteiger partial charge in [-0.3, -0.25) is 0 Å². The van der Waals surface area contributed by atoms with Crippen molar-refractivity contribution in [2.75, 3.05) is 5.75 Å². The number of hydrogen-bond donors (Lipinski definition) is 0. The molecule has 0 saturated heterocycles. The Morgan fingerprint density at radius 1 is 1.40 bits per heavy atom. The summed E-state index contributed by atoms with van der Waals surface area (Å²) in [6, 6.07) is 0. The van der Waals surface area contributed by atoms with E-state index in [1.807, 2.05) is 11.8 Å². The van der Waals surface area contributed by atoms with Gasteiger partial charge in [-0.15, -0.1) is 11.8 Å². The molecule has 10 heavy (non-hydrogen) atoms. The van der Waals surface area contributed by atoms with Gasteiger partial charge in [-0.1, -0.05) is 6.08 Å². The predicted octanol–water partition coefficient (Wildman–Crippen LogP) is 2.89. The van der Waals surface area contributed by atoms with Gasteiger partial charge in [-0.2, -0.15) is 0 Å². The number of rotatable bonds is 0. The van der Waals surface area contributed by atoms with Gasteiger partial charge in [-0.05, 0) is 36.6 Å². The highest BCUT2D eigenvalue weighted by atomic mass is 32.2. The molecule has 0 aromatic carbocycles. The summed E-state index contributed by atoms with van der Waals surface area (Å²) in [7, 11) is 0. The first-order valence-electron chi connectivity index (χ1n) is 3.52. The SMILES string of the molecule is CC1=C(C)C2=CCSC2=C1. The smallest absolute Gasteiger partial charge is 0.0170 e. The third-order valence-electron chi connectivity index (χ3n) is 2.13. The molecule has 1 heterocycles. The molecule has 0 aromatic rings. The second-order valence-corrected chi connectivity index (χ2v) is 3.81. The minimum Gasteiger partial charge on any atom is -0.121 e. The van der Waals surface area contributed by atoms with Crippen LogP contribution < -0.4 is 0 Å². The first-order chi connectivity index (χ1) is 4.79. The van der Waals surface area contributed by atoms with Gasteiger partial charge >= 0.3 is 0 Å². The van der Waals surface area contributed by atoms with E-state index >= 15 is 0 Å². The molecule has 0 saturated carbocycles. The van der Waals surface area contributed by atoms with Crippen molar-refractivity contribution >= 4 is 11.8 Å². The van der Waals surface area contributed by atoms with Crippen LogP contribution in [0, 0.1) is 0 Å². The van der Waals surface area contributed by atoms with E-state index in [0.29, 0.717) is 0 Å². The maximum Gasteiger partial charge on any atom is 0.0170 e. The van der Waals surface area contributed by atoms with Crippen LogP contribution in [0.1, 0.15) is 13.8 Å². The van der Waals surface area contributed by atoms with Crippen molar-refractivity contribution in [2.45, 2.75) is 13.8 Å². The Hall–Kier alpha value is -0.430. The number of fused-ring (bicyclic) bond motifs is 1. The van der Waals surface area contributed by atoms with Crippen LogP contribution in [0.4, 0.5) is 0 Å². The molecule has 0 atom stereocenters. The highest BCUT2D eigenvalue weighted by Crippen LogP contribution is 2.41. The second kappa shape index (κ2) is 2.03. The van der Waals surface area contributed by atoms with Crippen molar-refractivity contribution in [3.05, 3.63) is 33.8 Å². The predicted molar refractivity (Wildman–Crippen MR) is 47.0 cm³/mol. The number of thioether (sulfide) groups is 1. The second-order valence-electron chi connectivity index (χ2n) is 2.75. The van der Waals surface area contributed by atoms with E-state index in [2.05, 4.69) is 26.0 Å². The van der Waals surface area contributed by atoms with Gasteiger partial charge in [-0.25, -0.2) is 0 Å². The lowest BCUT2D eigenvalue weighted by molar-refractivity contribution is 1.37. The van der Waals surface area contributed by atoms with Crippen LogP contribution >= 0.6 is 11.8 Å². The maximum absolute atomic E-state index is 2.32. The van der Waals surface area contributed by atoms with Crippen molar-refractivity contribution in [1.29, 1.82) is 0 Å². The van der Waals surface area contributed by atoms with E-state index in [1.165, 1.54) is 27.4 Å². The summed E-state index contributed by atoms with van der Waals surface area (Å²) >= 11 is 1.95. The van der Waals surface area contributed by atoms with Gasteiger partial charge in [0.05, 0.1) is 0 Å². The summed E-state index contributed by atoms with van der Waals surface area (Å²) in [4.78, 5) is 1.48. The summed E-state index contributed by atoms with van der Waals surface area (Å²) in [5, 5.41) is 0. The fourth-order valence-electron chi connectivity index (χ4n) is 1.37. The van der Waals surface area contributed by atoms with Crippen molar-refractivity contribution in [3.8, 4) is 0 Å². The van der Waals surface area contributed by atoms with Gasteiger partial charge in [0, 0.05) is 10.7 Å². The third kappa shape index (κ3) is 0.702. The molecule has 0 bridgehead atoms. The molecule has 0 amide bonds. The lowest BCUT2D eigenvalue weighted by atomic mass is 10.1. The minimum absolute atomic E-state index is 1.17. The molecule has 1 aliphatic heterocycles. The van der Waals surface area contributed by atoms with E-state index in [9.17, 15) is 0 Å². The maximum atomic E-state index is 2.32. The van der Waals surface area contributed by atoms with Gasteiger partial charge in [0.15, 0.2) is 0 Å². The first kappa shape index (κ1) is 6.29. The molecule has 2 aliphatic rings. The van der Waals surface area contributed by atoms with E-state index in [0.717, 1.165) is 0 Å². The molecule has 0 spiro atoms.